The molecular weight excluding hydrogens is 375 g/mol. The number of nitro benzene ring substituents is 1. The number of halogens is 2. The van der Waals surface area contributed by atoms with Gasteiger partial charge in [0.1, 0.15) is 5.75 Å². The summed E-state index contributed by atoms with van der Waals surface area (Å²) in [6.07, 6.45) is 5.08. The molecule has 1 aliphatic heterocycles. The van der Waals surface area contributed by atoms with Crippen LogP contribution in [0.25, 0.3) is 0 Å². The highest BCUT2D eigenvalue weighted by molar-refractivity contribution is 6.42. The fourth-order valence-electron chi connectivity index (χ4n) is 3.99. The molecule has 26 heavy (non-hydrogen) atoms. The Hall–Kier alpha value is -2.24. The molecule has 7 heteroatoms. The molecule has 5 nitrogen and oxygen atoms in total. The van der Waals surface area contributed by atoms with Crippen LogP contribution < -0.4 is 10.1 Å². The molecule has 2 aromatic carbocycles. The molecule has 2 aromatic rings. The van der Waals surface area contributed by atoms with Gasteiger partial charge in [0.15, 0.2) is 0 Å². The van der Waals surface area contributed by atoms with Crippen molar-refractivity contribution in [2.45, 2.75) is 18.4 Å². The molecule has 0 saturated heterocycles. The molecule has 0 bridgehead atoms. The molecule has 0 fully saturated rings. The van der Waals surface area contributed by atoms with E-state index in [2.05, 4.69) is 17.5 Å². The highest BCUT2D eigenvalue weighted by atomic mass is 35.5. The van der Waals surface area contributed by atoms with Gasteiger partial charge in [-0.1, -0.05) is 47.5 Å². The summed E-state index contributed by atoms with van der Waals surface area (Å²) in [4.78, 5) is 10.9. The highest BCUT2D eigenvalue weighted by Gasteiger charge is 2.41. The van der Waals surface area contributed by atoms with Gasteiger partial charge in [0.25, 0.3) is 5.69 Å². The lowest BCUT2D eigenvalue weighted by Gasteiger charge is -2.38. The molecule has 3 atom stereocenters. The molecule has 0 spiro atoms. The maximum atomic E-state index is 11.3. The third kappa shape index (κ3) is 2.63. The SMILES string of the molecule is COc1cc([N+](=O)[O-])cc2c1N[C@H](c1cccc(Cl)c1Cl)[C@H]1CC=C[C@@H]21. The molecule has 134 valence electrons. The van der Waals surface area contributed by atoms with Crippen LogP contribution >= 0.6 is 23.2 Å². The number of nitrogens with one attached hydrogen (secondary N) is 1. The van der Waals surface area contributed by atoms with Crippen molar-refractivity contribution in [3.05, 3.63) is 73.8 Å². The molecule has 0 amide bonds. The summed E-state index contributed by atoms with van der Waals surface area (Å²) < 4.78 is 5.44. The number of fused-ring (bicyclic) bond motifs is 3. The Balaban J connectivity index is 1.88. The van der Waals surface area contributed by atoms with Crippen LogP contribution in [0.15, 0.2) is 42.5 Å². The molecule has 1 N–H and O–H groups in total. The number of hydrogen-bond donors (Lipinski definition) is 1. The summed E-state index contributed by atoms with van der Waals surface area (Å²) in [5, 5.41) is 15.8. The smallest absolute Gasteiger partial charge is 0.273 e. The van der Waals surface area contributed by atoms with E-state index in [9.17, 15) is 10.1 Å². The van der Waals surface area contributed by atoms with Gasteiger partial charge in [0.2, 0.25) is 0 Å². The normalized spacial score (nSPS) is 23.1. The van der Waals surface area contributed by atoms with Gasteiger partial charge in [-0.15, -0.1) is 0 Å². The first-order valence-electron chi connectivity index (χ1n) is 8.24. The van der Waals surface area contributed by atoms with Crippen molar-refractivity contribution in [2.24, 2.45) is 5.92 Å². The van der Waals surface area contributed by atoms with Crippen LogP contribution in [0.1, 0.15) is 29.5 Å². The van der Waals surface area contributed by atoms with Crippen molar-refractivity contribution in [1.82, 2.24) is 0 Å². The number of non-ortho nitro benzene ring substituents is 1. The van der Waals surface area contributed by atoms with Crippen molar-refractivity contribution >= 4 is 34.6 Å². The average molecular weight is 391 g/mol. The number of hydrogen-bond acceptors (Lipinski definition) is 4. The minimum absolute atomic E-state index is 0.0284. The summed E-state index contributed by atoms with van der Waals surface area (Å²) in [6, 6.07) is 8.62. The minimum Gasteiger partial charge on any atom is -0.494 e. The van der Waals surface area contributed by atoms with Gasteiger partial charge in [-0.25, -0.2) is 0 Å². The number of allylic oxidation sites excluding steroid dienone is 2. The first-order valence-corrected chi connectivity index (χ1v) is 9.00. The molecular formula is C19H16Cl2N2O3. The zero-order valence-electron chi connectivity index (χ0n) is 13.9. The Bertz CT molecular complexity index is 929. The van der Waals surface area contributed by atoms with E-state index in [1.165, 1.54) is 13.2 Å². The van der Waals surface area contributed by atoms with Gasteiger partial charge < -0.3 is 10.1 Å². The van der Waals surface area contributed by atoms with Gasteiger partial charge in [0, 0.05) is 12.0 Å². The second-order valence-electron chi connectivity index (χ2n) is 6.49. The first kappa shape index (κ1) is 17.2. The van der Waals surface area contributed by atoms with Gasteiger partial charge >= 0.3 is 0 Å². The maximum Gasteiger partial charge on any atom is 0.273 e. The molecule has 0 saturated carbocycles. The van der Waals surface area contributed by atoms with Crippen LogP contribution in [0.5, 0.6) is 5.75 Å². The number of rotatable bonds is 3. The predicted molar refractivity (Wildman–Crippen MR) is 102 cm³/mol. The van der Waals surface area contributed by atoms with Gasteiger partial charge in [-0.2, -0.15) is 0 Å². The Morgan fingerprint density at radius 3 is 2.81 bits per heavy atom. The molecule has 0 unspecified atom stereocenters. The van der Waals surface area contributed by atoms with Crippen LogP contribution in [0.2, 0.25) is 10.0 Å². The fourth-order valence-corrected chi connectivity index (χ4v) is 4.41. The van der Waals surface area contributed by atoms with Crippen molar-refractivity contribution in [3.63, 3.8) is 0 Å². The topological polar surface area (TPSA) is 64.4 Å². The van der Waals surface area contributed by atoms with E-state index < -0.39 is 4.92 Å². The number of methoxy groups -OCH3 is 1. The second kappa shape index (κ2) is 6.49. The van der Waals surface area contributed by atoms with Crippen molar-refractivity contribution in [2.75, 3.05) is 12.4 Å². The van der Waals surface area contributed by atoms with Gasteiger partial charge in [0.05, 0.1) is 39.9 Å². The first-order chi connectivity index (χ1) is 12.5. The Labute approximate surface area is 160 Å². The number of nitrogens with zero attached hydrogens (tertiary/aromatic N) is 1. The lowest BCUT2D eigenvalue weighted by molar-refractivity contribution is -0.385. The van der Waals surface area contributed by atoms with Gasteiger partial charge in [-0.05, 0) is 29.5 Å². The Morgan fingerprint density at radius 2 is 2.08 bits per heavy atom. The monoisotopic (exact) mass is 390 g/mol. The van der Waals surface area contributed by atoms with E-state index in [1.54, 1.807) is 12.1 Å². The quantitative estimate of drug-likeness (QED) is 0.412. The van der Waals surface area contributed by atoms with Crippen molar-refractivity contribution < 1.29 is 9.66 Å². The standard InChI is InChI=1S/C19H16Cl2N2O3/c1-26-16-9-10(23(24)25)8-14-11-4-2-5-12(11)18(22-19(14)16)13-6-3-7-15(20)17(13)21/h2-4,6-9,11-12,18,22H,5H2,1H3/t11-,12+,18+/m1/s1. The largest absolute Gasteiger partial charge is 0.494 e. The molecule has 4 rings (SSSR count). The van der Waals surface area contributed by atoms with E-state index in [1.807, 2.05) is 12.1 Å². The van der Waals surface area contributed by atoms with Crippen LogP contribution in [0.4, 0.5) is 11.4 Å². The summed E-state index contributed by atoms with van der Waals surface area (Å²) in [5.41, 5.74) is 2.60. The zero-order valence-corrected chi connectivity index (χ0v) is 15.4. The van der Waals surface area contributed by atoms with Crippen LogP contribution in [-0.2, 0) is 0 Å². The maximum absolute atomic E-state index is 11.3. The molecule has 0 radical (unpaired) electrons. The molecule has 1 heterocycles. The third-order valence-electron chi connectivity index (χ3n) is 5.16. The molecule has 1 aliphatic carbocycles. The number of anilines is 1. The highest BCUT2D eigenvalue weighted by Crippen LogP contribution is 2.54. The zero-order chi connectivity index (χ0) is 18.4. The van der Waals surface area contributed by atoms with Crippen molar-refractivity contribution in [3.8, 4) is 5.75 Å². The summed E-state index contributed by atoms with van der Waals surface area (Å²) in [6.45, 7) is 0. The summed E-state index contributed by atoms with van der Waals surface area (Å²) >= 11 is 12.7. The predicted octanol–water partition coefficient (Wildman–Crippen LogP) is 5.74. The average Bonchev–Trinajstić information content (AvgIpc) is 3.12. The van der Waals surface area contributed by atoms with Gasteiger partial charge in [-0.3, -0.25) is 10.1 Å². The van der Waals surface area contributed by atoms with E-state index in [-0.39, 0.29) is 23.6 Å². The summed E-state index contributed by atoms with van der Waals surface area (Å²) in [7, 11) is 1.51. The number of ether oxygens (including phenoxy) is 1. The molecule has 0 aromatic heterocycles. The minimum atomic E-state index is -0.392. The summed E-state index contributed by atoms with van der Waals surface area (Å²) in [5.74, 6) is 0.710. The Morgan fingerprint density at radius 1 is 1.27 bits per heavy atom. The lowest BCUT2D eigenvalue weighted by atomic mass is 9.76. The van der Waals surface area contributed by atoms with Crippen LogP contribution in [0, 0.1) is 16.0 Å². The Kier molecular flexibility index (Phi) is 4.29. The van der Waals surface area contributed by atoms with Crippen molar-refractivity contribution in [1.29, 1.82) is 0 Å². The van der Waals surface area contributed by atoms with E-state index in [0.29, 0.717) is 15.8 Å². The van der Waals surface area contributed by atoms with E-state index >= 15 is 0 Å². The fraction of sp³-hybridized carbons (Fsp3) is 0.263. The van der Waals surface area contributed by atoms with E-state index in [4.69, 9.17) is 27.9 Å². The van der Waals surface area contributed by atoms with E-state index in [0.717, 1.165) is 23.2 Å². The van der Waals surface area contributed by atoms with Crippen LogP contribution in [-0.4, -0.2) is 12.0 Å². The number of benzene rings is 2. The lowest BCUT2D eigenvalue weighted by Crippen LogP contribution is -2.29. The molecule has 2 aliphatic rings. The second-order valence-corrected chi connectivity index (χ2v) is 7.27. The van der Waals surface area contributed by atoms with Crippen LogP contribution in [0.3, 0.4) is 0 Å². The third-order valence-corrected chi connectivity index (χ3v) is 6.00. The number of nitro groups is 1.